The standard InChI is InChI=1S/C41H69NO17/c1-41(2,3)59-38(43)8-10-46-12-14-48-16-18-50-20-22-52-24-26-54-28-30-56-32-34-58-35-33-57-31-29-55-27-25-53-23-21-51-19-17-49-15-13-47-11-9-42-39(44)36-6-4-5-7-37(36)40(42)45/h4-7H,8-35H2,1-3H3. The van der Waals surface area contributed by atoms with Gasteiger partial charge in [0.25, 0.3) is 11.8 Å². The van der Waals surface area contributed by atoms with Crippen molar-refractivity contribution in [2.75, 3.05) is 178 Å². The van der Waals surface area contributed by atoms with Crippen LogP contribution >= 0.6 is 0 Å². The van der Waals surface area contributed by atoms with Crippen molar-refractivity contribution in [2.45, 2.75) is 32.8 Å². The van der Waals surface area contributed by atoms with E-state index in [0.717, 1.165) is 0 Å². The molecule has 0 aromatic heterocycles. The van der Waals surface area contributed by atoms with Gasteiger partial charge in [-0.3, -0.25) is 19.3 Å². The lowest BCUT2D eigenvalue weighted by atomic mass is 10.1. The number of amides is 2. The number of hydrogen-bond acceptors (Lipinski definition) is 17. The van der Waals surface area contributed by atoms with Gasteiger partial charge >= 0.3 is 5.97 Å². The van der Waals surface area contributed by atoms with Crippen LogP contribution in [-0.4, -0.2) is 207 Å². The molecule has 18 heteroatoms. The molecule has 1 aromatic rings. The number of esters is 1. The molecule has 59 heavy (non-hydrogen) atoms. The molecule has 2 rings (SSSR count). The molecule has 1 aliphatic rings. The zero-order chi connectivity index (χ0) is 42.5. The molecule has 0 N–H and O–H groups in total. The van der Waals surface area contributed by atoms with E-state index >= 15 is 0 Å². The molecule has 1 heterocycles. The van der Waals surface area contributed by atoms with E-state index in [0.29, 0.717) is 176 Å². The van der Waals surface area contributed by atoms with Crippen LogP contribution in [0.2, 0.25) is 0 Å². The summed E-state index contributed by atoms with van der Waals surface area (Å²) in [7, 11) is 0. The fraction of sp³-hybridized carbons (Fsp3) is 0.780. The van der Waals surface area contributed by atoms with Crippen molar-refractivity contribution >= 4 is 17.8 Å². The number of hydrogen-bond donors (Lipinski definition) is 0. The molecule has 0 bridgehead atoms. The Morgan fingerprint density at radius 1 is 0.407 bits per heavy atom. The molecule has 0 saturated heterocycles. The molecule has 1 aromatic carbocycles. The molecule has 0 aliphatic carbocycles. The summed E-state index contributed by atoms with van der Waals surface area (Å²) in [6.07, 6.45) is 0.224. The zero-order valence-electron chi connectivity index (χ0n) is 35.5. The van der Waals surface area contributed by atoms with Gasteiger partial charge in [0.15, 0.2) is 0 Å². The average molecular weight is 848 g/mol. The third-order valence-corrected chi connectivity index (χ3v) is 7.67. The number of carbonyl (C=O) groups excluding carboxylic acids is 3. The second-order valence-electron chi connectivity index (χ2n) is 13.6. The van der Waals surface area contributed by atoms with Gasteiger partial charge in [-0.25, -0.2) is 0 Å². The third kappa shape index (κ3) is 29.2. The van der Waals surface area contributed by atoms with Crippen LogP contribution in [0.3, 0.4) is 0 Å². The summed E-state index contributed by atoms with van der Waals surface area (Å²) >= 11 is 0. The fourth-order valence-corrected chi connectivity index (χ4v) is 4.89. The Morgan fingerprint density at radius 3 is 0.898 bits per heavy atom. The number of rotatable bonds is 42. The molecule has 0 spiro atoms. The fourth-order valence-electron chi connectivity index (χ4n) is 4.89. The Morgan fingerprint density at radius 2 is 0.644 bits per heavy atom. The summed E-state index contributed by atoms with van der Waals surface area (Å²) in [6.45, 7) is 17.2. The summed E-state index contributed by atoms with van der Waals surface area (Å²) in [5, 5.41) is 0. The third-order valence-electron chi connectivity index (χ3n) is 7.67. The molecular formula is C41H69NO17. The Hall–Kier alpha value is -2.69. The van der Waals surface area contributed by atoms with E-state index < -0.39 is 5.60 Å². The summed E-state index contributed by atoms with van der Waals surface area (Å²) in [4.78, 5) is 37.4. The molecular weight excluding hydrogens is 778 g/mol. The Kier molecular flexibility index (Phi) is 32.0. The van der Waals surface area contributed by atoms with Gasteiger partial charge in [-0.05, 0) is 32.9 Å². The van der Waals surface area contributed by atoms with Gasteiger partial charge in [0, 0.05) is 0 Å². The zero-order valence-corrected chi connectivity index (χ0v) is 35.5. The van der Waals surface area contributed by atoms with Crippen molar-refractivity contribution in [2.24, 2.45) is 0 Å². The second kappa shape index (κ2) is 36.0. The van der Waals surface area contributed by atoms with Crippen LogP contribution in [0.15, 0.2) is 24.3 Å². The number of benzene rings is 1. The minimum absolute atomic E-state index is 0.208. The van der Waals surface area contributed by atoms with E-state index in [-0.39, 0.29) is 37.4 Å². The molecule has 18 nitrogen and oxygen atoms in total. The van der Waals surface area contributed by atoms with Gasteiger partial charge in [0.2, 0.25) is 0 Å². The molecule has 2 amide bonds. The molecule has 0 fully saturated rings. The van der Waals surface area contributed by atoms with Gasteiger partial charge in [-0.2, -0.15) is 0 Å². The van der Waals surface area contributed by atoms with E-state index in [9.17, 15) is 14.4 Å². The van der Waals surface area contributed by atoms with Crippen LogP contribution < -0.4 is 0 Å². The average Bonchev–Trinajstić information content (AvgIpc) is 3.45. The van der Waals surface area contributed by atoms with Crippen LogP contribution in [-0.2, 0) is 71.1 Å². The first-order valence-corrected chi connectivity index (χ1v) is 20.5. The van der Waals surface area contributed by atoms with E-state index in [1.54, 1.807) is 24.3 Å². The van der Waals surface area contributed by atoms with Crippen molar-refractivity contribution in [3.8, 4) is 0 Å². The van der Waals surface area contributed by atoms with E-state index in [1.807, 2.05) is 20.8 Å². The van der Waals surface area contributed by atoms with E-state index in [2.05, 4.69) is 0 Å². The SMILES string of the molecule is CC(C)(C)OC(=O)CCOCCOCCOCCOCCOCCOCCOCCOCCOCCOCCOCCOCCOCCN1C(=O)c2ccccc2C1=O. The van der Waals surface area contributed by atoms with E-state index in [1.165, 1.54) is 4.90 Å². The van der Waals surface area contributed by atoms with E-state index in [4.69, 9.17) is 66.3 Å². The molecule has 340 valence electrons. The van der Waals surface area contributed by atoms with Crippen LogP contribution in [0.25, 0.3) is 0 Å². The first-order valence-electron chi connectivity index (χ1n) is 20.5. The lowest BCUT2D eigenvalue weighted by molar-refractivity contribution is -0.156. The quantitative estimate of drug-likeness (QED) is 0.0530. The van der Waals surface area contributed by atoms with Gasteiger partial charge < -0.3 is 66.3 Å². The summed E-state index contributed by atoms with van der Waals surface area (Å²) < 4.78 is 76.3. The first-order chi connectivity index (χ1) is 28.8. The normalized spacial score (nSPS) is 12.8. The summed E-state index contributed by atoms with van der Waals surface area (Å²) in [5.41, 5.74) is 0.393. The minimum Gasteiger partial charge on any atom is -0.460 e. The van der Waals surface area contributed by atoms with Crippen molar-refractivity contribution < 1.29 is 80.7 Å². The van der Waals surface area contributed by atoms with Crippen molar-refractivity contribution in [1.29, 1.82) is 0 Å². The van der Waals surface area contributed by atoms with Crippen molar-refractivity contribution in [1.82, 2.24) is 4.90 Å². The highest BCUT2D eigenvalue weighted by Crippen LogP contribution is 2.21. The highest BCUT2D eigenvalue weighted by atomic mass is 16.6. The maximum atomic E-state index is 12.3. The summed E-state index contributed by atoms with van der Waals surface area (Å²) in [6, 6.07) is 6.81. The Balaban J connectivity index is 1.15. The van der Waals surface area contributed by atoms with Crippen molar-refractivity contribution in [3.05, 3.63) is 35.4 Å². The monoisotopic (exact) mass is 847 g/mol. The predicted octanol–water partition coefficient (Wildman–Crippen LogP) is 2.23. The van der Waals surface area contributed by atoms with Gasteiger partial charge in [-0.15, -0.1) is 0 Å². The summed E-state index contributed by atoms with van der Waals surface area (Å²) in [5.74, 6) is -0.836. The van der Waals surface area contributed by atoms with Crippen LogP contribution in [0.1, 0.15) is 47.9 Å². The van der Waals surface area contributed by atoms with Crippen LogP contribution in [0, 0.1) is 0 Å². The minimum atomic E-state index is -0.482. The lowest BCUT2D eigenvalue weighted by Gasteiger charge is -2.19. The van der Waals surface area contributed by atoms with Crippen LogP contribution in [0.4, 0.5) is 0 Å². The van der Waals surface area contributed by atoms with Gasteiger partial charge in [0.05, 0.1) is 196 Å². The van der Waals surface area contributed by atoms with Gasteiger partial charge in [-0.1, -0.05) is 12.1 Å². The topological polar surface area (TPSA) is 184 Å². The number of ether oxygens (including phenoxy) is 14. The molecule has 1 aliphatic heterocycles. The maximum Gasteiger partial charge on any atom is 0.308 e. The lowest BCUT2D eigenvalue weighted by Crippen LogP contribution is -2.33. The highest BCUT2D eigenvalue weighted by molar-refractivity contribution is 6.21. The highest BCUT2D eigenvalue weighted by Gasteiger charge is 2.34. The van der Waals surface area contributed by atoms with Crippen LogP contribution in [0.5, 0.6) is 0 Å². The first kappa shape index (κ1) is 52.4. The number of fused-ring (bicyclic) bond motifs is 1. The molecule has 0 saturated carbocycles. The van der Waals surface area contributed by atoms with Crippen molar-refractivity contribution in [3.63, 3.8) is 0 Å². The smallest absolute Gasteiger partial charge is 0.308 e. The number of imide groups is 1. The Labute approximate surface area is 349 Å². The number of nitrogens with zero attached hydrogens (tertiary/aromatic N) is 1. The molecule has 0 atom stereocenters. The predicted molar refractivity (Wildman–Crippen MR) is 213 cm³/mol. The second-order valence-corrected chi connectivity index (χ2v) is 13.6. The number of carbonyl (C=O) groups is 3. The Bertz CT molecular complexity index is 1170. The molecule has 0 unspecified atom stereocenters. The molecule has 0 radical (unpaired) electrons. The largest absolute Gasteiger partial charge is 0.460 e. The maximum absolute atomic E-state index is 12.3. The van der Waals surface area contributed by atoms with Gasteiger partial charge in [0.1, 0.15) is 5.60 Å².